The van der Waals surface area contributed by atoms with Gasteiger partial charge in [0.2, 0.25) is 10.0 Å². The van der Waals surface area contributed by atoms with Crippen LogP contribution in [0.25, 0.3) is 11.1 Å². The number of nitrogens with one attached hydrogen (secondary N) is 1. The lowest BCUT2D eigenvalue weighted by atomic mass is 9.99. The number of rotatable bonds is 5. The molecule has 2 aromatic rings. The van der Waals surface area contributed by atoms with Crippen LogP contribution in [0.4, 0.5) is 17.6 Å². The van der Waals surface area contributed by atoms with Crippen LogP contribution in [0, 0.1) is 5.82 Å². The summed E-state index contributed by atoms with van der Waals surface area (Å²) in [6.45, 7) is 0.0111. The molecule has 0 spiro atoms. The molecule has 0 saturated heterocycles. The number of alkyl halides is 4. The summed E-state index contributed by atoms with van der Waals surface area (Å²) in [7, 11) is -3.82. The number of halogens is 5. The highest BCUT2D eigenvalue weighted by Crippen LogP contribution is 2.38. The maximum atomic E-state index is 13.9. The molecule has 0 atom stereocenters. The summed E-state index contributed by atoms with van der Waals surface area (Å²) >= 11 is 5.40. The van der Waals surface area contributed by atoms with Gasteiger partial charge in [-0.3, -0.25) is 0 Å². The van der Waals surface area contributed by atoms with Crippen LogP contribution in [0.5, 0.6) is 0 Å². The minimum absolute atomic E-state index is 0.0111. The Kier molecular flexibility index (Phi) is 5.52. The number of sulfonamides is 1. The Balaban J connectivity index is 2.47. The molecule has 2 aromatic carbocycles. The highest BCUT2D eigenvalue weighted by Gasteiger charge is 2.34. The molecule has 1 N–H and O–H groups in total. The van der Waals surface area contributed by atoms with Crippen LogP contribution < -0.4 is 4.72 Å². The highest BCUT2D eigenvalue weighted by atomic mass is 35.5. The van der Waals surface area contributed by atoms with Gasteiger partial charge < -0.3 is 0 Å². The fourth-order valence-electron chi connectivity index (χ4n) is 2.11. The zero-order valence-electron chi connectivity index (χ0n) is 12.1. The first-order valence-corrected chi connectivity index (χ1v) is 8.70. The summed E-state index contributed by atoms with van der Waals surface area (Å²) in [4.78, 5) is -0.152. The molecule has 9 heteroatoms. The Morgan fingerprint density at radius 2 is 1.67 bits per heavy atom. The van der Waals surface area contributed by atoms with Crippen LogP contribution in [0.15, 0.2) is 47.4 Å². The minimum Gasteiger partial charge on any atom is -0.210 e. The van der Waals surface area contributed by atoms with E-state index in [1.807, 2.05) is 0 Å². The molecule has 0 radical (unpaired) electrons. The summed E-state index contributed by atoms with van der Waals surface area (Å²) in [5.74, 6) is -0.970. The van der Waals surface area contributed by atoms with E-state index in [1.165, 1.54) is 0 Å². The summed E-state index contributed by atoms with van der Waals surface area (Å²) in [6.07, 6.45) is -4.73. The van der Waals surface area contributed by atoms with Crippen molar-refractivity contribution in [3.63, 3.8) is 0 Å². The standard InChI is InChI=1S/C15H12ClF4NO2S/c16-8-9-21-24(22,23)11-6-4-10(5-7-11)14-12(15(18,19)20)2-1-3-13(14)17/h1-7,21H,8-9H2. The predicted octanol–water partition coefficient (Wildman–Crippen LogP) is 4.03. The van der Waals surface area contributed by atoms with Gasteiger partial charge >= 0.3 is 6.18 Å². The number of hydrogen-bond acceptors (Lipinski definition) is 2. The van der Waals surface area contributed by atoms with Crippen molar-refractivity contribution in [2.75, 3.05) is 12.4 Å². The Bertz CT molecular complexity index is 820. The van der Waals surface area contributed by atoms with Gasteiger partial charge in [0.15, 0.2) is 0 Å². The van der Waals surface area contributed by atoms with Crippen LogP contribution in [-0.2, 0) is 16.2 Å². The second kappa shape index (κ2) is 7.08. The predicted molar refractivity (Wildman–Crippen MR) is 82.7 cm³/mol. The highest BCUT2D eigenvalue weighted by molar-refractivity contribution is 7.89. The Morgan fingerprint density at radius 1 is 1.04 bits per heavy atom. The Hall–Kier alpha value is -1.64. The van der Waals surface area contributed by atoms with E-state index >= 15 is 0 Å². The maximum Gasteiger partial charge on any atom is 0.417 e. The summed E-state index contributed by atoms with van der Waals surface area (Å²) in [6, 6.07) is 7.13. The van der Waals surface area contributed by atoms with Gasteiger partial charge in [-0.1, -0.05) is 18.2 Å². The lowest BCUT2D eigenvalue weighted by molar-refractivity contribution is -0.137. The SMILES string of the molecule is O=S(=O)(NCCCl)c1ccc(-c2c(F)cccc2C(F)(F)F)cc1. The molecule has 0 aliphatic rings. The molecule has 0 aliphatic carbocycles. The molecular formula is C15H12ClF4NO2S. The molecule has 2 rings (SSSR count). The largest absolute Gasteiger partial charge is 0.417 e. The van der Waals surface area contributed by atoms with Gasteiger partial charge in [-0.15, -0.1) is 11.6 Å². The van der Waals surface area contributed by atoms with Crippen molar-refractivity contribution in [3.05, 3.63) is 53.8 Å². The van der Waals surface area contributed by atoms with Crippen LogP contribution in [0.1, 0.15) is 5.56 Å². The molecule has 0 aromatic heterocycles. The minimum atomic E-state index is -4.73. The molecule has 0 bridgehead atoms. The van der Waals surface area contributed by atoms with Gasteiger partial charge in [0.25, 0.3) is 0 Å². The van der Waals surface area contributed by atoms with Gasteiger partial charge in [0.05, 0.1) is 10.5 Å². The molecule has 0 amide bonds. The summed E-state index contributed by atoms with van der Waals surface area (Å²) in [5, 5.41) is 0. The van der Waals surface area contributed by atoms with Crippen molar-refractivity contribution in [2.24, 2.45) is 0 Å². The van der Waals surface area contributed by atoms with E-state index in [4.69, 9.17) is 11.6 Å². The third kappa shape index (κ3) is 4.06. The summed E-state index contributed by atoms with van der Waals surface area (Å²) in [5.41, 5.74) is -1.82. The average Bonchev–Trinajstić information content (AvgIpc) is 2.52. The van der Waals surface area contributed by atoms with Crippen molar-refractivity contribution >= 4 is 21.6 Å². The molecule has 3 nitrogen and oxygen atoms in total. The fourth-order valence-corrected chi connectivity index (χ4v) is 3.35. The average molecular weight is 382 g/mol. The van der Waals surface area contributed by atoms with Gasteiger partial charge in [-0.05, 0) is 29.8 Å². The fraction of sp³-hybridized carbons (Fsp3) is 0.200. The summed E-state index contributed by atoms with van der Waals surface area (Å²) < 4.78 is 79.1. The second-order valence-corrected chi connectivity index (χ2v) is 6.92. The first-order chi connectivity index (χ1) is 11.2. The molecule has 0 unspecified atom stereocenters. The van der Waals surface area contributed by atoms with Crippen molar-refractivity contribution in [1.82, 2.24) is 4.72 Å². The van der Waals surface area contributed by atoms with Gasteiger partial charge in [0, 0.05) is 18.0 Å². The van der Waals surface area contributed by atoms with E-state index in [9.17, 15) is 26.0 Å². The zero-order chi connectivity index (χ0) is 18.0. The van der Waals surface area contributed by atoms with Gasteiger partial charge in [-0.2, -0.15) is 13.2 Å². The van der Waals surface area contributed by atoms with E-state index in [0.29, 0.717) is 0 Å². The van der Waals surface area contributed by atoms with E-state index in [0.717, 1.165) is 42.5 Å². The van der Waals surface area contributed by atoms with Gasteiger partial charge in [0.1, 0.15) is 5.82 Å². The molecule has 130 valence electrons. The number of hydrogen-bond donors (Lipinski definition) is 1. The van der Waals surface area contributed by atoms with E-state index in [-0.39, 0.29) is 22.9 Å². The van der Waals surface area contributed by atoms with Crippen molar-refractivity contribution < 1.29 is 26.0 Å². The first-order valence-electron chi connectivity index (χ1n) is 6.68. The Morgan fingerprint density at radius 3 is 2.21 bits per heavy atom. The van der Waals surface area contributed by atoms with Crippen molar-refractivity contribution in [3.8, 4) is 11.1 Å². The first kappa shape index (κ1) is 18.7. The maximum absolute atomic E-state index is 13.9. The third-order valence-electron chi connectivity index (χ3n) is 3.16. The monoisotopic (exact) mass is 381 g/mol. The smallest absolute Gasteiger partial charge is 0.210 e. The molecule has 0 fully saturated rings. The van der Waals surface area contributed by atoms with E-state index < -0.39 is 33.1 Å². The third-order valence-corrected chi connectivity index (χ3v) is 4.82. The lowest BCUT2D eigenvalue weighted by Gasteiger charge is -2.14. The van der Waals surface area contributed by atoms with Crippen LogP contribution >= 0.6 is 11.6 Å². The topological polar surface area (TPSA) is 46.2 Å². The van der Waals surface area contributed by atoms with Crippen LogP contribution in [-0.4, -0.2) is 20.8 Å². The molecular weight excluding hydrogens is 370 g/mol. The molecule has 0 saturated carbocycles. The second-order valence-electron chi connectivity index (χ2n) is 4.77. The molecule has 0 aliphatic heterocycles. The number of benzene rings is 2. The van der Waals surface area contributed by atoms with Crippen molar-refractivity contribution in [1.29, 1.82) is 0 Å². The zero-order valence-corrected chi connectivity index (χ0v) is 13.6. The lowest BCUT2D eigenvalue weighted by Crippen LogP contribution is -2.25. The van der Waals surface area contributed by atoms with Gasteiger partial charge in [-0.25, -0.2) is 17.5 Å². The normalized spacial score (nSPS) is 12.4. The van der Waals surface area contributed by atoms with Crippen molar-refractivity contribution in [2.45, 2.75) is 11.1 Å². The molecule has 24 heavy (non-hydrogen) atoms. The van der Waals surface area contributed by atoms with Crippen LogP contribution in [0.2, 0.25) is 0 Å². The van der Waals surface area contributed by atoms with E-state index in [2.05, 4.69) is 4.72 Å². The van der Waals surface area contributed by atoms with Crippen LogP contribution in [0.3, 0.4) is 0 Å². The van der Waals surface area contributed by atoms with E-state index in [1.54, 1.807) is 0 Å². The Labute approximate surface area is 141 Å². The molecule has 0 heterocycles. The quantitative estimate of drug-likeness (QED) is 0.628.